The highest BCUT2D eigenvalue weighted by Crippen LogP contribution is 2.29. The third-order valence-electron chi connectivity index (χ3n) is 3.40. The van der Waals surface area contributed by atoms with E-state index in [1.807, 2.05) is 24.3 Å². The van der Waals surface area contributed by atoms with Gasteiger partial charge in [-0.05, 0) is 12.1 Å². The fourth-order valence-electron chi connectivity index (χ4n) is 2.26. The lowest BCUT2D eigenvalue weighted by molar-refractivity contribution is -0.385. The fraction of sp³-hybridized carbons (Fsp3) is 0.0667. The standard InChI is InChI=1S/C15H12N4O4/c20-14-11(5-3-7-13(14)19(22)23)15(21)16-9-18-12-6-2-1-4-10(12)8-17-18/h1-8,20H,9H2,(H,16,21). The highest BCUT2D eigenvalue weighted by atomic mass is 16.6. The van der Waals surface area contributed by atoms with Crippen molar-refractivity contribution in [1.82, 2.24) is 15.1 Å². The Morgan fingerprint density at radius 2 is 2.04 bits per heavy atom. The number of amides is 1. The Kier molecular flexibility index (Phi) is 3.63. The van der Waals surface area contributed by atoms with E-state index in [4.69, 9.17) is 0 Å². The number of rotatable bonds is 4. The first-order valence-electron chi connectivity index (χ1n) is 6.73. The monoisotopic (exact) mass is 312 g/mol. The summed E-state index contributed by atoms with van der Waals surface area (Å²) in [6.45, 7) is 0.0779. The molecule has 3 rings (SSSR count). The lowest BCUT2D eigenvalue weighted by atomic mass is 10.1. The predicted molar refractivity (Wildman–Crippen MR) is 82.0 cm³/mol. The minimum atomic E-state index is -0.743. The molecule has 0 atom stereocenters. The molecule has 116 valence electrons. The van der Waals surface area contributed by atoms with Crippen LogP contribution in [0.1, 0.15) is 10.4 Å². The first-order valence-corrected chi connectivity index (χ1v) is 6.73. The lowest BCUT2D eigenvalue weighted by Gasteiger charge is -2.08. The molecule has 1 amide bonds. The summed E-state index contributed by atoms with van der Waals surface area (Å²) < 4.78 is 1.58. The van der Waals surface area contributed by atoms with Crippen LogP contribution in [0.15, 0.2) is 48.7 Å². The Balaban J connectivity index is 1.80. The molecule has 23 heavy (non-hydrogen) atoms. The van der Waals surface area contributed by atoms with Gasteiger partial charge in [-0.15, -0.1) is 0 Å². The van der Waals surface area contributed by atoms with Crippen molar-refractivity contribution in [3.05, 3.63) is 64.3 Å². The number of aromatic nitrogens is 2. The van der Waals surface area contributed by atoms with Gasteiger partial charge in [0.05, 0.1) is 22.2 Å². The van der Waals surface area contributed by atoms with Crippen molar-refractivity contribution >= 4 is 22.5 Å². The summed E-state index contributed by atoms with van der Waals surface area (Å²) in [6, 6.07) is 11.3. The van der Waals surface area contributed by atoms with Gasteiger partial charge < -0.3 is 10.4 Å². The van der Waals surface area contributed by atoms with Crippen LogP contribution in [0, 0.1) is 10.1 Å². The van der Waals surface area contributed by atoms with Crippen molar-refractivity contribution in [1.29, 1.82) is 0 Å². The largest absolute Gasteiger partial charge is 0.502 e. The summed E-state index contributed by atoms with van der Waals surface area (Å²) in [5.41, 5.74) is 0.175. The summed E-state index contributed by atoms with van der Waals surface area (Å²) in [5.74, 6) is -1.27. The normalized spacial score (nSPS) is 10.6. The van der Waals surface area contributed by atoms with E-state index >= 15 is 0 Å². The van der Waals surface area contributed by atoms with Crippen LogP contribution in [0.4, 0.5) is 5.69 Å². The number of para-hydroxylation sites is 2. The number of aromatic hydroxyl groups is 1. The third-order valence-corrected chi connectivity index (χ3v) is 3.40. The molecule has 0 fully saturated rings. The SMILES string of the molecule is O=C(NCn1ncc2ccccc21)c1cccc([N+](=O)[O-])c1O. The van der Waals surface area contributed by atoms with Gasteiger partial charge >= 0.3 is 5.69 Å². The minimum Gasteiger partial charge on any atom is -0.502 e. The molecule has 0 unspecified atom stereocenters. The molecule has 8 heteroatoms. The zero-order valence-electron chi connectivity index (χ0n) is 11.8. The van der Waals surface area contributed by atoms with E-state index in [0.29, 0.717) is 0 Å². The maximum atomic E-state index is 12.1. The number of nitrogens with one attached hydrogen (secondary N) is 1. The van der Waals surface area contributed by atoms with Crippen LogP contribution in [0.2, 0.25) is 0 Å². The second-order valence-electron chi connectivity index (χ2n) is 4.80. The third kappa shape index (κ3) is 2.69. The van der Waals surface area contributed by atoms with E-state index < -0.39 is 22.3 Å². The molecule has 2 N–H and O–H groups in total. The topological polar surface area (TPSA) is 110 Å². The molecule has 0 saturated carbocycles. The second kappa shape index (κ2) is 5.76. The molecule has 1 heterocycles. The van der Waals surface area contributed by atoms with Gasteiger partial charge in [0.25, 0.3) is 5.91 Å². The first kappa shape index (κ1) is 14.5. The summed E-state index contributed by atoms with van der Waals surface area (Å²) in [5, 5.41) is 28.3. The Morgan fingerprint density at radius 1 is 1.26 bits per heavy atom. The van der Waals surface area contributed by atoms with Crippen LogP contribution >= 0.6 is 0 Å². The molecule has 0 saturated heterocycles. The first-order chi connectivity index (χ1) is 11.1. The predicted octanol–water partition coefficient (Wildman–Crippen LogP) is 2.04. The number of phenolic OH excluding ortho intramolecular Hbond substituents is 1. The number of carbonyl (C=O) groups excluding carboxylic acids is 1. The molecule has 0 aliphatic carbocycles. The van der Waals surface area contributed by atoms with E-state index in [1.54, 1.807) is 10.9 Å². The van der Waals surface area contributed by atoms with Crippen molar-refractivity contribution in [3.63, 3.8) is 0 Å². The minimum absolute atomic E-state index is 0.0779. The van der Waals surface area contributed by atoms with Crippen LogP contribution < -0.4 is 5.32 Å². The molecule has 2 aromatic carbocycles. The Morgan fingerprint density at radius 3 is 2.83 bits per heavy atom. The average Bonchev–Trinajstić information content (AvgIpc) is 2.96. The fourth-order valence-corrected chi connectivity index (χ4v) is 2.26. The van der Waals surface area contributed by atoms with Crippen LogP contribution in [-0.2, 0) is 6.67 Å². The number of nitro benzene ring substituents is 1. The van der Waals surface area contributed by atoms with E-state index in [1.165, 1.54) is 12.1 Å². The zero-order valence-corrected chi connectivity index (χ0v) is 11.8. The van der Waals surface area contributed by atoms with E-state index in [2.05, 4.69) is 10.4 Å². The van der Waals surface area contributed by atoms with Crippen LogP contribution in [0.3, 0.4) is 0 Å². The average molecular weight is 312 g/mol. The number of phenols is 1. The van der Waals surface area contributed by atoms with Gasteiger partial charge in [-0.25, -0.2) is 4.68 Å². The van der Waals surface area contributed by atoms with Crippen molar-refractivity contribution in [2.24, 2.45) is 0 Å². The van der Waals surface area contributed by atoms with E-state index in [9.17, 15) is 20.0 Å². The number of hydrogen-bond acceptors (Lipinski definition) is 5. The number of benzene rings is 2. The molecule has 0 aliphatic rings. The summed E-state index contributed by atoms with van der Waals surface area (Å²) in [6.07, 6.45) is 1.67. The van der Waals surface area contributed by atoms with E-state index in [0.717, 1.165) is 17.0 Å². The molecule has 0 radical (unpaired) electrons. The summed E-state index contributed by atoms with van der Waals surface area (Å²) >= 11 is 0. The Labute approximate surface area is 130 Å². The number of carbonyl (C=O) groups is 1. The molecule has 0 bridgehead atoms. The van der Waals surface area contributed by atoms with Gasteiger partial charge in [0.2, 0.25) is 5.75 Å². The Hall–Kier alpha value is -3.42. The van der Waals surface area contributed by atoms with Crippen molar-refractivity contribution in [3.8, 4) is 5.75 Å². The molecule has 0 aliphatic heterocycles. The highest BCUT2D eigenvalue weighted by Gasteiger charge is 2.20. The highest BCUT2D eigenvalue weighted by molar-refractivity contribution is 5.97. The molecule has 3 aromatic rings. The number of nitrogens with zero attached hydrogens (tertiary/aromatic N) is 3. The number of hydrogen-bond donors (Lipinski definition) is 2. The van der Waals surface area contributed by atoms with Crippen molar-refractivity contribution < 1.29 is 14.8 Å². The summed E-state index contributed by atoms with van der Waals surface area (Å²) in [7, 11) is 0. The van der Waals surface area contributed by atoms with Crippen LogP contribution in [0.25, 0.3) is 10.9 Å². The molecule has 1 aromatic heterocycles. The maximum Gasteiger partial charge on any atom is 0.311 e. The quantitative estimate of drug-likeness (QED) is 0.566. The number of nitro groups is 1. The summed E-state index contributed by atoms with van der Waals surface area (Å²) in [4.78, 5) is 22.2. The van der Waals surface area contributed by atoms with Crippen LogP contribution in [-0.4, -0.2) is 25.7 Å². The number of fused-ring (bicyclic) bond motifs is 1. The van der Waals surface area contributed by atoms with Crippen molar-refractivity contribution in [2.45, 2.75) is 6.67 Å². The van der Waals surface area contributed by atoms with E-state index in [-0.39, 0.29) is 12.2 Å². The van der Waals surface area contributed by atoms with Crippen LogP contribution in [0.5, 0.6) is 5.75 Å². The molecule has 8 nitrogen and oxygen atoms in total. The van der Waals surface area contributed by atoms with Crippen molar-refractivity contribution in [2.75, 3.05) is 0 Å². The maximum absolute atomic E-state index is 12.1. The molecular formula is C15H12N4O4. The van der Waals surface area contributed by atoms with Gasteiger partial charge in [0, 0.05) is 11.5 Å². The Bertz CT molecular complexity index is 903. The van der Waals surface area contributed by atoms with Gasteiger partial charge in [0.15, 0.2) is 0 Å². The second-order valence-corrected chi connectivity index (χ2v) is 4.80. The van der Waals surface area contributed by atoms with Gasteiger partial charge in [-0.1, -0.05) is 24.3 Å². The zero-order chi connectivity index (χ0) is 16.4. The van der Waals surface area contributed by atoms with Gasteiger partial charge in [0.1, 0.15) is 6.67 Å². The molecule has 0 spiro atoms. The van der Waals surface area contributed by atoms with Gasteiger partial charge in [-0.3, -0.25) is 14.9 Å². The lowest BCUT2D eigenvalue weighted by Crippen LogP contribution is -2.26. The van der Waals surface area contributed by atoms with Gasteiger partial charge in [-0.2, -0.15) is 5.10 Å². The smallest absolute Gasteiger partial charge is 0.311 e. The molecular weight excluding hydrogens is 300 g/mol.